The van der Waals surface area contributed by atoms with E-state index in [1.165, 1.54) is 12.1 Å². The molecular weight excluding hydrogens is 319 g/mol. The highest BCUT2D eigenvalue weighted by atomic mass is 19.1. The highest BCUT2D eigenvalue weighted by Crippen LogP contribution is 2.34. The average Bonchev–Trinajstić information content (AvgIpc) is 2.59. The number of aromatic nitrogens is 1. The zero-order valence-electron chi connectivity index (χ0n) is 14.3. The van der Waals surface area contributed by atoms with Crippen LogP contribution in [0.15, 0.2) is 48.5 Å². The first-order valence-electron chi connectivity index (χ1n) is 8.04. The van der Waals surface area contributed by atoms with Crippen LogP contribution in [0, 0.1) is 5.82 Å². The van der Waals surface area contributed by atoms with E-state index >= 15 is 0 Å². The van der Waals surface area contributed by atoms with Gasteiger partial charge in [0.2, 0.25) is 0 Å². The van der Waals surface area contributed by atoms with Crippen LogP contribution < -0.4 is 4.90 Å². The van der Waals surface area contributed by atoms with Crippen molar-refractivity contribution in [2.24, 2.45) is 0 Å². The Labute approximate surface area is 145 Å². The second-order valence-electron chi connectivity index (χ2n) is 6.25. The molecule has 0 amide bonds. The standard InChI is InChI=1S/C20H19FN2O2/c1-12(2)23(3)18-11-14-10-13(20(24)25)8-9-17(14)22-19(18)15-6-4-5-7-16(15)21/h4-12H,1-3H3,(H,24,25). The summed E-state index contributed by atoms with van der Waals surface area (Å²) in [6.07, 6.45) is 0. The summed E-state index contributed by atoms with van der Waals surface area (Å²) in [6.45, 7) is 4.06. The smallest absolute Gasteiger partial charge is 0.335 e. The molecule has 0 aliphatic heterocycles. The van der Waals surface area contributed by atoms with Crippen LogP contribution >= 0.6 is 0 Å². The van der Waals surface area contributed by atoms with Crippen LogP contribution in [0.25, 0.3) is 22.2 Å². The number of fused-ring (bicyclic) bond motifs is 1. The molecule has 0 aliphatic carbocycles. The quantitative estimate of drug-likeness (QED) is 0.756. The number of carboxylic acids is 1. The molecule has 0 bridgehead atoms. The lowest BCUT2D eigenvalue weighted by atomic mass is 10.0. The zero-order valence-corrected chi connectivity index (χ0v) is 14.3. The molecule has 0 radical (unpaired) electrons. The van der Waals surface area contributed by atoms with Crippen molar-refractivity contribution in [3.05, 3.63) is 59.9 Å². The first kappa shape index (κ1) is 16.9. The molecule has 1 N–H and O–H groups in total. The molecule has 0 unspecified atom stereocenters. The molecule has 4 nitrogen and oxygen atoms in total. The van der Waals surface area contributed by atoms with Gasteiger partial charge in [0, 0.05) is 24.0 Å². The molecule has 1 heterocycles. The first-order chi connectivity index (χ1) is 11.9. The van der Waals surface area contributed by atoms with Crippen LogP contribution in [0.1, 0.15) is 24.2 Å². The van der Waals surface area contributed by atoms with Gasteiger partial charge in [0.15, 0.2) is 0 Å². The Morgan fingerprint density at radius 3 is 2.52 bits per heavy atom. The summed E-state index contributed by atoms with van der Waals surface area (Å²) < 4.78 is 14.4. The Balaban J connectivity index is 2.30. The number of nitrogens with zero attached hydrogens (tertiary/aromatic N) is 2. The lowest BCUT2D eigenvalue weighted by molar-refractivity contribution is 0.0697. The third kappa shape index (κ3) is 3.18. The van der Waals surface area contributed by atoms with Crippen LogP contribution in [0.2, 0.25) is 0 Å². The molecule has 0 spiro atoms. The van der Waals surface area contributed by atoms with E-state index in [2.05, 4.69) is 4.98 Å². The van der Waals surface area contributed by atoms with Crippen molar-refractivity contribution in [1.29, 1.82) is 0 Å². The topological polar surface area (TPSA) is 53.4 Å². The van der Waals surface area contributed by atoms with Gasteiger partial charge in [0.25, 0.3) is 0 Å². The van der Waals surface area contributed by atoms with Crippen molar-refractivity contribution in [1.82, 2.24) is 4.98 Å². The van der Waals surface area contributed by atoms with Crippen molar-refractivity contribution in [2.75, 3.05) is 11.9 Å². The Bertz CT molecular complexity index is 954. The fourth-order valence-corrected chi connectivity index (χ4v) is 2.70. The number of aromatic carboxylic acids is 1. The van der Waals surface area contributed by atoms with Crippen LogP contribution in [0.5, 0.6) is 0 Å². The van der Waals surface area contributed by atoms with Gasteiger partial charge in [-0.1, -0.05) is 12.1 Å². The highest BCUT2D eigenvalue weighted by Gasteiger charge is 2.18. The largest absolute Gasteiger partial charge is 0.478 e. The molecular formula is C20H19FN2O2. The Kier molecular flexibility index (Phi) is 4.40. The SMILES string of the molecule is CC(C)N(C)c1cc2cc(C(=O)O)ccc2nc1-c1ccccc1F. The number of halogens is 1. The maximum Gasteiger partial charge on any atom is 0.335 e. The minimum atomic E-state index is -0.987. The Morgan fingerprint density at radius 2 is 1.88 bits per heavy atom. The molecule has 1 aromatic heterocycles. The minimum absolute atomic E-state index is 0.174. The summed E-state index contributed by atoms with van der Waals surface area (Å²) in [6, 6.07) is 13.3. The summed E-state index contributed by atoms with van der Waals surface area (Å²) in [4.78, 5) is 17.9. The minimum Gasteiger partial charge on any atom is -0.478 e. The van der Waals surface area contributed by atoms with Crippen molar-refractivity contribution in [3.8, 4) is 11.3 Å². The van der Waals surface area contributed by atoms with E-state index in [4.69, 9.17) is 0 Å². The van der Waals surface area contributed by atoms with Crippen LogP contribution in [-0.4, -0.2) is 29.1 Å². The number of carboxylic acid groups (broad SMARTS) is 1. The molecule has 128 valence electrons. The monoisotopic (exact) mass is 338 g/mol. The third-order valence-corrected chi connectivity index (χ3v) is 4.33. The molecule has 3 aromatic rings. The maximum atomic E-state index is 14.4. The number of pyridine rings is 1. The summed E-state index contributed by atoms with van der Waals surface area (Å²) >= 11 is 0. The van der Waals surface area contributed by atoms with Crippen molar-refractivity contribution >= 4 is 22.6 Å². The number of benzene rings is 2. The predicted molar refractivity (Wildman–Crippen MR) is 97.6 cm³/mol. The van der Waals surface area contributed by atoms with Gasteiger partial charge in [-0.15, -0.1) is 0 Å². The van der Waals surface area contributed by atoms with E-state index in [9.17, 15) is 14.3 Å². The van der Waals surface area contributed by atoms with Gasteiger partial charge in [-0.2, -0.15) is 0 Å². The number of hydrogen-bond acceptors (Lipinski definition) is 3. The number of anilines is 1. The fourth-order valence-electron chi connectivity index (χ4n) is 2.70. The summed E-state index contributed by atoms with van der Waals surface area (Å²) in [5.41, 5.74) is 2.56. The molecule has 0 saturated heterocycles. The lowest BCUT2D eigenvalue weighted by Crippen LogP contribution is -2.26. The number of hydrogen-bond donors (Lipinski definition) is 1. The lowest BCUT2D eigenvalue weighted by Gasteiger charge is -2.26. The highest BCUT2D eigenvalue weighted by molar-refractivity contribution is 5.96. The normalized spacial score (nSPS) is 11.1. The molecule has 0 saturated carbocycles. The summed E-state index contributed by atoms with van der Waals surface area (Å²) in [7, 11) is 1.92. The first-order valence-corrected chi connectivity index (χ1v) is 8.04. The van der Waals surface area contributed by atoms with Gasteiger partial charge < -0.3 is 10.0 Å². The van der Waals surface area contributed by atoms with Gasteiger partial charge in [0.1, 0.15) is 5.82 Å². The molecule has 25 heavy (non-hydrogen) atoms. The van der Waals surface area contributed by atoms with Gasteiger partial charge in [0.05, 0.1) is 22.5 Å². The fraction of sp³-hybridized carbons (Fsp3) is 0.200. The molecule has 0 atom stereocenters. The number of rotatable bonds is 4. The van der Waals surface area contributed by atoms with E-state index in [1.54, 1.807) is 30.3 Å². The van der Waals surface area contributed by atoms with Crippen molar-refractivity contribution in [3.63, 3.8) is 0 Å². The van der Waals surface area contributed by atoms with Gasteiger partial charge >= 0.3 is 5.97 Å². The van der Waals surface area contributed by atoms with Gasteiger partial charge in [-0.3, -0.25) is 0 Å². The molecule has 3 rings (SSSR count). The maximum absolute atomic E-state index is 14.4. The third-order valence-electron chi connectivity index (χ3n) is 4.33. The zero-order chi connectivity index (χ0) is 18.1. The van der Waals surface area contributed by atoms with Gasteiger partial charge in [-0.05, 0) is 50.2 Å². The number of carbonyl (C=O) groups is 1. The van der Waals surface area contributed by atoms with Crippen LogP contribution in [0.4, 0.5) is 10.1 Å². The molecule has 5 heteroatoms. The van der Waals surface area contributed by atoms with Crippen LogP contribution in [-0.2, 0) is 0 Å². The van der Waals surface area contributed by atoms with Crippen LogP contribution in [0.3, 0.4) is 0 Å². The van der Waals surface area contributed by atoms with E-state index < -0.39 is 5.97 Å². The summed E-state index contributed by atoms with van der Waals surface area (Å²) in [5, 5.41) is 9.91. The average molecular weight is 338 g/mol. The molecule has 0 aliphatic rings. The second kappa shape index (κ2) is 6.51. The summed E-state index contributed by atoms with van der Waals surface area (Å²) in [5.74, 6) is -1.33. The van der Waals surface area contributed by atoms with E-state index in [0.29, 0.717) is 22.2 Å². The Morgan fingerprint density at radius 1 is 1.16 bits per heavy atom. The second-order valence-corrected chi connectivity index (χ2v) is 6.25. The van der Waals surface area contributed by atoms with E-state index in [0.717, 1.165) is 5.69 Å². The molecule has 2 aromatic carbocycles. The van der Waals surface area contributed by atoms with E-state index in [1.807, 2.05) is 31.9 Å². The van der Waals surface area contributed by atoms with Crippen molar-refractivity contribution < 1.29 is 14.3 Å². The van der Waals surface area contributed by atoms with Crippen molar-refractivity contribution in [2.45, 2.75) is 19.9 Å². The molecule has 0 fully saturated rings. The van der Waals surface area contributed by atoms with Gasteiger partial charge in [-0.25, -0.2) is 14.2 Å². The Hall–Kier alpha value is -2.95. The van der Waals surface area contributed by atoms with E-state index in [-0.39, 0.29) is 17.4 Å². The predicted octanol–water partition coefficient (Wildman–Crippen LogP) is 4.58.